The number of hydrogen-bond donors (Lipinski definition) is 0. The monoisotopic (exact) mass is 369 g/mol. The molecule has 1 heterocycles. The Morgan fingerprint density at radius 3 is 2.57 bits per heavy atom. The Labute approximate surface area is 138 Å². The lowest BCUT2D eigenvalue weighted by Gasteiger charge is -2.16. The van der Waals surface area contributed by atoms with Crippen LogP contribution in [0.2, 0.25) is 10.0 Å². The van der Waals surface area contributed by atoms with Crippen molar-refractivity contribution in [2.24, 2.45) is 5.92 Å². The maximum atomic E-state index is 11.9. The second kappa shape index (κ2) is 6.73. The third kappa shape index (κ3) is 5.02. The Kier molecular flexibility index (Phi) is 5.41. The van der Waals surface area contributed by atoms with Crippen LogP contribution in [-0.4, -0.2) is 38.1 Å². The standard InChI is InChI=1S/C13H14Cl3NO3S/c14-11-2-1-9(5-12(11)15)3-4-17-7-10(6-13(17)18)8-21(16,19)20/h1-2,5,10H,3-4,6-8H2. The van der Waals surface area contributed by atoms with Crippen LogP contribution in [-0.2, 0) is 20.3 Å². The van der Waals surface area contributed by atoms with E-state index in [2.05, 4.69) is 0 Å². The van der Waals surface area contributed by atoms with Gasteiger partial charge in [-0.15, -0.1) is 0 Å². The highest BCUT2D eigenvalue weighted by Crippen LogP contribution is 2.24. The number of nitrogens with zero attached hydrogens (tertiary/aromatic N) is 1. The molecule has 0 spiro atoms. The minimum Gasteiger partial charge on any atom is -0.342 e. The van der Waals surface area contributed by atoms with Crippen molar-refractivity contribution in [1.29, 1.82) is 0 Å². The lowest BCUT2D eigenvalue weighted by molar-refractivity contribution is -0.127. The summed E-state index contributed by atoms with van der Waals surface area (Å²) >= 11 is 11.8. The molecule has 0 saturated carbocycles. The summed E-state index contributed by atoms with van der Waals surface area (Å²) in [5.41, 5.74) is 0.977. The van der Waals surface area contributed by atoms with Crippen molar-refractivity contribution in [3.8, 4) is 0 Å². The Morgan fingerprint density at radius 1 is 1.24 bits per heavy atom. The molecule has 2 rings (SSSR count). The van der Waals surface area contributed by atoms with E-state index in [0.717, 1.165) is 5.56 Å². The molecule has 116 valence electrons. The number of benzene rings is 1. The zero-order valence-corrected chi connectivity index (χ0v) is 14.1. The predicted octanol–water partition coefficient (Wildman–Crippen LogP) is 2.95. The number of carbonyl (C=O) groups is 1. The molecule has 0 N–H and O–H groups in total. The van der Waals surface area contributed by atoms with Crippen molar-refractivity contribution < 1.29 is 13.2 Å². The first kappa shape index (κ1) is 16.9. The molecule has 4 nitrogen and oxygen atoms in total. The molecule has 1 aliphatic heterocycles. The molecule has 1 amide bonds. The normalized spacial score (nSPS) is 19.3. The van der Waals surface area contributed by atoms with Crippen LogP contribution in [0.1, 0.15) is 12.0 Å². The summed E-state index contributed by atoms with van der Waals surface area (Å²) in [6, 6.07) is 5.34. The molecular formula is C13H14Cl3NO3S. The van der Waals surface area contributed by atoms with E-state index in [9.17, 15) is 13.2 Å². The SMILES string of the molecule is O=C1CC(CS(=O)(=O)Cl)CN1CCc1ccc(Cl)c(Cl)c1. The van der Waals surface area contributed by atoms with Crippen LogP contribution in [0.5, 0.6) is 0 Å². The lowest BCUT2D eigenvalue weighted by atomic mass is 10.1. The minimum atomic E-state index is -3.57. The third-order valence-electron chi connectivity index (χ3n) is 3.38. The number of hydrogen-bond acceptors (Lipinski definition) is 3. The van der Waals surface area contributed by atoms with Crippen molar-refractivity contribution in [2.45, 2.75) is 12.8 Å². The summed E-state index contributed by atoms with van der Waals surface area (Å²) in [6.07, 6.45) is 0.871. The molecular weight excluding hydrogens is 357 g/mol. The molecule has 1 fully saturated rings. The minimum absolute atomic E-state index is 0.0413. The zero-order valence-electron chi connectivity index (χ0n) is 11.1. The average Bonchev–Trinajstić information content (AvgIpc) is 2.68. The Balaban J connectivity index is 1.91. The van der Waals surface area contributed by atoms with Crippen LogP contribution in [0, 0.1) is 5.92 Å². The maximum absolute atomic E-state index is 11.9. The molecule has 0 aliphatic carbocycles. The summed E-state index contributed by atoms with van der Waals surface area (Å²) in [5.74, 6) is -0.432. The molecule has 1 aromatic carbocycles. The van der Waals surface area contributed by atoms with Gasteiger partial charge >= 0.3 is 0 Å². The van der Waals surface area contributed by atoms with Crippen LogP contribution in [0.3, 0.4) is 0 Å². The molecule has 1 aromatic rings. The van der Waals surface area contributed by atoms with Gasteiger partial charge in [0.2, 0.25) is 15.0 Å². The predicted molar refractivity (Wildman–Crippen MR) is 84.5 cm³/mol. The summed E-state index contributed by atoms with van der Waals surface area (Å²) < 4.78 is 22.1. The summed E-state index contributed by atoms with van der Waals surface area (Å²) in [7, 11) is 1.66. The highest BCUT2D eigenvalue weighted by atomic mass is 35.7. The zero-order chi connectivity index (χ0) is 15.6. The van der Waals surface area contributed by atoms with Crippen molar-refractivity contribution in [3.05, 3.63) is 33.8 Å². The van der Waals surface area contributed by atoms with Gasteiger partial charge in [-0.05, 0) is 24.1 Å². The topological polar surface area (TPSA) is 54.5 Å². The molecule has 0 aromatic heterocycles. The van der Waals surface area contributed by atoms with Crippen molar-refractivity contribution >= 4 is 48.8 Å². The van der Waals surface area contributed by atoms with E-state index < -0.39 is 9.05 Å². The molecule has 1 aliphatic rings. The summed E-state index contributed by atoms with van der Waals surface area (Å²) in [5, 5.41) is 0.970. The number of amides is 1. The molecule has 1 unspecified atom stereocenters. The molecule has 0 bridgehead atoms. The fourth-order valence-corrected chi connectivity index (χ4v) is 4.06. The van der Waals surface area contributed by atoms with Gasteiger partial charge in [0.25, 0.3) is 0 Å². The van der Waals surface area contributed by atoms with E-state index in [0.29, 0.717) is 29.6 Å². The van der Waals surface area contributed by atoms with Crippen LogP contribution in [0.4, 0.5) is 0 Å². The first-order valence-electron chi connectivity index (χ1n) is 6.38. The van der Waals surface area contributed by atoms with Gasteiger partial charge in [0.05, 0.1) is 15.8 Å². The van der Waals surface area contributed by atoms with Crippen LogP contribution in [0.25, 0.3) is 0 Å². The van der Waals surface area contributed by atoms with E-state index in [-0.39, 0.29) is 24.0 Å². The van der Waals surface area contributed by atoms with E-state index in [4.69, 9.17) is 33.9 Å². The highest BCUT2D eigenvalue weighted by Gasteiger charge is 2.31. The summed E-state index contributed by atoms with van der Waals surface area (Å²) in [4.78, 5) is 13.5. The number of likely N-dealkylation sites (tertiary alicyclic amines) is 1. The van der Waals surface area contributed by atoms with Crippen molar-refractivity contribution in [2.75, 3.05) is 18.8 Å². The fraction of sp³-hybridized carbons (Fsp3) is 0.462. The van der Waals surface area contributed by atoms with Gasteiger partial charge in [-0.1, -0.05) is 29.3 Å². The van der Waals surface area contributed by atoms with Gasteiger partial charge in [-0.2, -0.15) is 0 Å². The fourth-order valence-electron chi connectivity index (χ4n) is 2.42. The Morgan fingerprint density at radius 2 is 1.95 bits per heavy atom. The van der Waals surface area contributed by atoms with Gasteiger partial charge in [0.15, 0.2) is 0 Å². The second-order valence-electron chi connectivity index (χ2n) is 5.11. The van der Waals surface area contributed by atoms with Crippen LogP contribution < -0.4 is 0 Å². The van der Waals surface area contributed by atoms with Gasteiger partial charge in [-0.25, -0.2) is 8.42 Å². The van der Waals surface area contributed by atoms with Gasteiger partial charge in [0, 0.05) is 36.1 Å². The smallest absolute Gasteiger partial charge is 0.232 e. The van der Waals surface area contributed by atoms with E-state index in [1.807, 2.05) is 6.07 Å². The lowest BCUT2D eigenvalue weighted by Crippen LogP contribution is -2.28. The first-order valence-corrected chi connectivity index (χ1v) is 9.62. The van der Waals surface area contributed by atoms with Gasteiger partial charge in [0.1, 0.15) is 0 Å². The maximum Gasteiger partial charge on any atom is 0.232 e. The highest BCUT2D eigenvalue weighted by molar-refractivity contribution is 8.13. The molecule has 1 saturated heterocycles. The molecule has 0 radical (unpaired) electrons. The first-order chi connectivity index (χ1) is 9.74. The largest absolute Gasteiger partial charge is 0.342 e. The third-order valence-corrected chi connectivity index (χ3v) is 5.37. The molecule has 8 heteroatoms. The van der Waals surface area contributed by atoms with E-state index in [1.165, 1.54) is 0 Å². The van der Waals surface area contributed by atoms with Gasteiger partial charge in [-0.3, -0.25) is 4.79 Å². The number of carbonyl (C=O) groups excluding carboxylic acids is 1. The van der Waals surface area contributed by atoms with Crippen LogP contribution >= 0.6 is 33.9 Å². The number of halogens is 3. The Bertz CT molecular complexity index is 648. The quantitative estimate of drug-likeness (QED) is 0.749. The van der Waals surface area contributed by atoms with Crippen molar-refractivity contribution in [1.82, 2.24) is 4.90 Å². The average molecular weight is 371 g/mol. The second-order valence-corrected chi connectivity index (χ2v) is 8.75. The van der Waals surface area contributed by atoms with Crippen molar-refractivity contribution in [3.63, 3.8) is 0 Å². The van der Waals surface area contributed by atoms with Crippen LogP contribution in [0.15, 0.2) is 18.2 Å². The van der Waals surface area contributed by atoms with E-state index in [1.54, 1.807) is 17.0 Å². The number of rotatable bonds is 5. The van der Waals surface area contributed by atoms with E-state index >= 15 is 0 Å². The molecule has 1 atom stereocenters. The molecule has 21 heavy (non-hydrogen) atoms. The summed E-state index contributed by atoms with van der Waals surface area (Å²) in [6.45, 7) is 0.946. The van der Waals surface area contributed by atoms with Gasteiger partial charge < -0.3 is 4.90 Å². The Hall–Kier alpha value is -0.490.